The Bertz CT molecular complexity index is 169. The van der Waals surface area contributed by atoms with Crippen molar-refractivity contribution in [3.8, 4) is 0 Å². The normalized spacial score (nSPS) is 8.50. The van der Waals surface area contributed by atoms with Gasteiger partial charge in [0.2, 0.25) is 0 Å². The highest BCUT2D eigenvalue weighted by molar-refractivity contribution is 5.34. The molecular formula is C6H6N2. The molecule has 0 unspecified atom stereocenters. The van der Waals surface area contributed by atoms with Crippen LogP contribution >= 0.6 is 0 Å². The molecule has 0 heterocycles. The van der Waals surface area contributed by atoms with Crippen LogP contribution in [0.4, 0.5) is 5.69 Å². The summed E-state index contributed by atoms with van der Waals surface area (Å²) in [5.41, 5.74) is 7.27. The molecule has 0 saturated heterocycles. The molecule has 0 aliphatic carbocycles. The van der Waals surface area contributed by atoms with E-state index in [1.807, 2.05) is 18.2 Å². The van der Waals surface area contributed by atoms with Crippen LogP contribution in [0.15, 0.2) is 35.4 Å². The van der Waals surface area contributed by atoms with Crippen LogP contribution in [0.5, 0.6) is 0 Å². The highest BCUT2D eigenvalue weighted by atomic mass is 14.9. The molecule has 0 bridgehead atoms. The Hall–Kier alpha value is -1.18. The Morgan fingerprint density at radius 2 is 1.75 bits per heavy atom. The predicted octanol–water partition coefficient (Wildman–Crippen LogP) is 2.35. The number of benzene rings is 1. The second-order valence-electron chi connectivity index (χ2n) is 1.45. The third-order valence-corrected chi connectivity index (χ3v) is 0.885. The topological polar surface area (TPSA) is 36.2 Å². The lowest BCUT2D eigenvalue weighted by Gasteiger charge is -1.83. The van der Waals surface area contributed by atoms with Gasteiger partial charge in [0.15, 0.2) is 0 Å². The van der Waals surface area contributed by atoms with Gasteiger partial charge < -0.3 is 0 Å². The zero-order valence-electron chi connectivity index (χ0n) is 4.33. The minimum atomic E-state index is 0.701. The maximum absolute atomic E-state index is 6.57. The van der Waals surface area contributed by atoms with Crippen molar-refractivity contribution in [2.45, 2.75) is 0 Å². The summed E-state index contributed by atoms with van der Waals surface area (Å²) in [6.07, 6.45) is 0. The molecule has 1 rings (SSSR count). The van der Waals surface area contributed by atoms with Gasteiger partial charge in [0, 0.05) is 0 Å². The van der Waals surface area contributed by atoms with Gasteiger partial charge in [-0.3, -0.25) is 0 Å². The number of nitrogens with zero attached hydrogens (tertiary/aromatic N) is 1. The summed E-state index contributed by atoms with van der Waals surface area (Å²) in [6.45, 7) is 0. The molecular weight excluding hydrogens is 100 g/mol. The number of hydrogen-bond donors (Lipinski definition) is 1. The van der Waals surface area contributed by atoms with E-state index in [4.69, 9.17) is 5.53 Å². The van der Waals surface area contributed by atoms with Crippen LogP contribution in [0, 0.1) is 5.53 Å². The van der Waals surface area contributed by atoms with Crippen LogP contribution in [-0.2, 0) is 0 Å². The highest BCUT2D eigenvalue weighted by Gasteiger charge is 1.78. The van der Waals surface area contributed by atoms with Gasteiger partial charge in [-0.1, -0.05) is 18.2 Å². The first-order chi connectivity index (χ1) is 3.93. The molecule has 0 aliphatic heterocycles. The van der Waals surface area contributed by atoms with Crippen molar-refractivity contribution < 1.29 is 0 Å². The third kappa shape index (κ3) is 0.904. The van der Waals surface area contributed by atoms with Gasteiger partial charge in [0.1, 0.15) is 0 Å². The fourth-order valence-corrected chi connectivity index (χ4v) is 0.503. The largest absolute Gasteiger partial charge is 0.204 e. The summed E-state index contributed by atoms with van der Waals surface area (Å²) in [6, 6.07) is 9.18. The van der Waals surface area contributed by atoms with Crippen LogP contribution in [0.25, 0.3) is 0 Å². The Balaban J connectivity index is 2.99. The molecule has 1 aromatic rings. The summed E-state index contributed by atoms with van der Waals surface area (Å²) in [4.78, 5) is 0. The zero-order chi connectivity index (χ0) is 5.82. The summed E-state index contributed by atoms with van der Waals surface area (Å²) in [5, 5.41) is 3.22. The van der Waals surface area contributed by atoms with Gasteiger partial charge in [-0.15, -0.1) is 0 Å². The summed E-state index contributed by atoms with van der Waals surface area (Å²) >= 11 is 0. The van der Waals surface area contributed by atoms with Crippen molar-refractivity contribution in [1.82, 2.24) is 0 Å². The number of hydrogen-bond acceptors (Lipinski definition) is 2. The van der Waals surface area contributed by atoms with E-state index in [1.54, 1.807) is 12.1 Å². The molecule has 0 saturated carbocycles. The van der Waals surface area contributed by atoms with Gasteiger partial charge in [-0.05, 0) is 12.1 Å². The maximum atomic E-state index is 6.57. The second-order valence-corrected chi connectivity index (χ2v) is 1.45. The monoisotopic (exact) mass is 106 g/mol. The quantitative estimate of drug-likeness (QED) is 0.533. The maximum Gasteiger partial charge on any atom is 0.0849 e. The van der Waals surface area contributed by atoms with Crippen molar-refractivity contribution in [2.24, 2.45) is 5.11 Å². The lowest BCUT2D eigenvalue weighted by molar-refractivity contribution is 1.15. The van der Waals surface area contributed by atoms with E-state index in [2.05, 4.69) is 5.11 Å². The Morgan fingerprint density at radius 1 is 1.12 bits per heavy atom. The lowest BCUT2D eigenvalue weighted by atomic mass is 10.3. The Morgan fingerprint density at radius 3 is 2.12 bits per heavy atom. The van der Waals surface area contributed by atoms with E-state index >= 15 is 0 Å². The zero-order valence-corrected chi connectivity index (χ0v) is 4.33. The minimum Gasteiger partial charge on any atom is -0.204 e. The molecule has 0 fully saturated rings. The first-order valence-electron chi connectivity index (χ1n) is 2.36. The van der Waals surface area contributed by atoms with Gasteiger partial charge in [0.25, 0.3) is 0 Å². The fraction of sp³-hybridized carbons (Fsp3) is 0. The van der Waals surface area contributed by atoms with Gasteiger partial charge in [0.05, 0.1) is 5.69 Å². The predicted molar refractivity (Wildman–Crippen MR) is 31.2 cm³/mol. The van der Waals surface area contributed by atoms with Crippen molar-refractivity contribution >= 4 is 5.69 Å². The number of nitrogens with one attached hydrogen (secondary N) is 1. The number of rotatable bonds is 1. The molecule has 2 heteroatoms. The smallest absolute Gasteiger partial charge is 0.0849 e. The molecule has 8 heavy (non-hydrogen) atoms. The van der Waals surface area contributed by atoms with E-state index < -0.39 is 0 Å². The van der Waals surface area contributed by atoms with Crippen molar-refractivity contribution in [1.29, 1.82) is 5.53 Å². The van der Waals surface area contributed by atoms with Crippen molar-refractivity contribution in [3.63, 3.8) is 0 Å². The van der Waals surface area contributed by atoms with Gasteiger partial charge in [-0.2, -0.15) is 5.11 Å². The van der Waals surface area contributed by atoms with Crippen molar-refractivity contribution in [2.75, 3.05) is 0 Å². The van der Waals surface area contributed by atoms with E-state index in [-0.39, 0.29) is 0 Å². The molecule has 1 N–H and O–H groups in total. The van der Waals surface area contributed by atoms with E-state index in [0.717, 1.165) is 0 Å². The molecule has 2 nitrogen and oxygen atoms in total. The highest BCUT2D eigenvalue weighted by Crippen LogP contribution is 2.07. The lowest BCUT2D eigenvalue weighted by Crippen LogP contribution is -1.56. The van der Waals surface area contributed by atoms with E-state index in [1.165, 1.54) is 0 Å². The first kappa shape index (κ1) is 4.97. The molecule has 0 aromatic heterocycles. The standard InChI is InChI=1S/C6H6N2/c7-8-6-4-2-1-3-5-6/h1-5,7H. The van der Waals surface area contributed by atoms with Crippen LogP contribution in [0.1, 0.15) is 0 Å². The summed E-state index contributed by atoms with van der Waals surface area (Å²) in [5.74, 6) is 0. The van der Waals surface area contributed by atoms with Gasteiger partial charge in [-0.25, -0.2) is 5.53 Å². The third-order valence-electron chi connectivity index (χ3n) is 0.885. The minimum absolute atomic E-state index is 0.701. The van der Waals surface area contributed by atoms with Crippen LogP contribution in [-0.4, -0.2) is 0 Å². The molecule has 0 amide bonds. The van der Waals surface area contributed by atoms with Gasteiger partial charge >= 0.3 is 0 Å². The summed E-state index contributed by atoms with van der Waals surface area (Å²) in [7, 11) is 0. The number of para-hydroxylation sites is 1. The summed E-state index contributed by atoms with van der Waals surface area (Å²) < 4.78 is 0. The van der Waals surface area contributed by atoms with Crippen LogP contribution < -0.4 is 0 Å². The van der Waals surface area contributed by atoms with Crippen molar-refractivity contribution in [3.05, 3.63) is 30.3 Å². The second kappa shape index (κ2) is 2.21. The average Bonchev–Trinajstić information content (AvgIpc) is 1.90. The molecule has 1 aromatic carbocycles. The fourth-order valence-electron chi connectivity index (χ4n) is 0.503. The van der Waals surface area contributed by atoms with E-state index in [0.29, 0.717) is 5.69 Å². The Kier molecular flexibility index (Phi) is 1.37. The molecule has 0 radical (unpaired) electrons. The molecule has 0 spiro atoms. The van der Waals surface area contributed by atoms with E-state index in [9.17, 15) is 0 Å². The first-order valence-corrected chi connectivity index (χ1v) is 2.36. The average molecular weight is 106 g/mol. The van der Waals surface area contributed by atoms with Crippen LogP contribution in [0.2, 0.25) is 0 Å². The van der Waals surface area contributed by atoms with Crippen LogP contribution in [0.3, 0.4) is 0 Å². The molecule has 40 valence electrons. The molecule has 0 aliphatic rings. The Labute approximate surface area is 47.7 Å². The molecule has 0 atom stereocenters. The SMILES string of the molecule is N=Nc1ccccc1.